The number of carbonyl (C=O) groups is 2. The zero-order chi connectivity index (χ0) is 18.0. The maximum absolute atomic E-state index is 12.4. The molecule has 1 aromatic heterocycles. The van der Waals surface area contributed by atoms with Crippen molar-refractivity contribution in [3.05, 3.63) is 39.6 Å². The average molecular weight is 399 g/mol. The van der Waals surface area contributed by atoms with Crippen molar-refractivity contribution in [2.75, 3.05) is 5.75 Å². The number of primary amides is 1. The second-order valence-corrected chi connectivity index (χ2v) is 7.58. The number of carbonyl (C=O) groups excluding carboxylic acids is 2. The molecule has 0 unspecified atom stereocenters. The minimum Gasteiger partial charge on any atom is -0.370 e. The number of aromatic nitrogens is 3. The highest BCUT2D eigenvalue weighted by molar-refractivity contribution is 7.99. The Hall–Kier alpha value is -1.57. The number of amides is 1. The van der Waals surface area contributed by atoms with E-state index in [1.807, 2.05) is 4.57 Å². The van der Waals surface area contributed by atoms with Crippen LogP contribution in [0.15, 0.2) is 23.4 Å². The number of thioether (sulfide) groups is 1. The van der Waals surface area contributed by atoms with Gasteiger partial charge in [0.05, 0.1) is 15.8 Å². The van der Waals surface area contributed by atoms with Crippen LogP contribution in [-0.2, 0) is 11.3 Å². The lowest BCUT2D eigenvalue weighted by Crippen LogP contribution is -2.16. The van der Waals surface area contributed by atoms with Gasteiger partial charge in [0.25, 0.3) is 0 Å². The quantitative estimate of drug-likeness (QED) is 0.543. The van der Waals surface area contributed by atoms with Crippen LogP contribution in [0.2, 0.25) is 10.0 Å². The Kier molecular flexibility index (Phi) is 5.66. The molecule has 6 nitrogen and oxygen atoms in total. The molecule has 0 radical (unpaired) electrons. The third kappa shape index (κ3) is 4.54. The van der Waals surface area contributed by atoms with Crippen molar-refractivity contribution in [2.45, 2.75) is 36.9 Å². The Morgan fingerprint density at radius 2 is 2.00 bits per heavy atom. The molecule has 1 aromatic carbocycles. The van der Waals surface area contributed by atoms with E-state index < -0.39 is 0 Å². The normalized spacial score (nSPS) is 13.8. The van der Waals surface area contributed by atoms with Gasteiger partial charge < -0.3 is 10.3 Å². The monoisotopic (exact) mass is 398 g/mol. The number of nitrogens with zero attached hydrogens (tertiary/aromatic N) is 3. The summed E-state index contributed by atoms with van der Waals surface area (Å²) in [5.74, 6) is 0.989. The first-order valence-electron chi connectivity index (χ1n) is 7.78. The smallest absolute Gasteiger partial charge is 0.219 e. The van der Waals surface area contributed by atoms with Crippen LogP contribution in [0.4, 0.5) is 0 Å². The molecule has 1 aliphatic carbocycles. The van der Waals surface area contributed by atoms with E-state index in [2.05, 4.69) is 10.2 Å². The molecule has 0 saturated heterocycles. The van der Waals surface area contributed by atoms with Crippen LogP contribution in [0, 0.1) is 0 Å². The van der Waals surface area contributed by atoms with E-state index in [0.29, 0.717) is 33.2 Å². The second kappa shape index (κ2) is 7.76. The highest BCUT2D eigenvalue weighted by Gasteiger charge is 2.30. The third-order valence-corrected chi connectivity index (χ3v) is 5.55. The summed E-state index contributed by atoms with van der Waals surface area (Å²) in [5, 5.41) is 9.78. The molecule has 3 rings (SSSR count). The van der Waals surface area contributed by atoms with Gasteiger partial charge in [-0.3, -0.25) is 9.59 Å². The van der Waals surface area contributed by atoms with Crippen molar-refractivity contribution in [2.24, 2.45) is 5.73 Å². The SMILES string of the molecule is NC(=O)CCn1c(SCC(=O)c2ccc(Cl)c(Cl)c2)nnc1C1CC1. The third-order valence-electron chi connectivity index (χ3n) is 3.84. The molecule has 2 aromatic rings. The van der Waals surface area contributed by atoms with E-state index in [1.54, 1.807) is 18.2 Å². The maximum atomic E-state index is 12.4. The van der Waals surface area contributed by atoms with E-state index in [0.717, 1.165) is 18.7 Å². The summed E-state index contributed by atoms with van der Waals surface area (Å²) < 4.78 is 1.90. The van der Waals surface area contributed by atoms with E-state index in [4.69, 9.17) is 28.9 Å². The fraction of sp³-hybridized carbons (Fsp3) is 0.375. The maximum Gasteiger partial charge on any atom is 0.219 e. The molecule has 0 spiro atoms. The Labute approximate surface area is 159 Å². The molecule has 2 N–H and O–H groups in total. The highest BCUT2D eigenvalue weighted by Crippen LogP contribution is 2.40. The number of Topliss-reactive ketones (excluding diaryl/α,β-unsaturated/α-hetero) is 1. The van der Waals surface area contributed by atoms with Crippen LogP contribution in [0.5, 0.6) is 0 Å². The number of hydrogen-bond acceptors (Lipinski definition) is 5. The fourth-order valence-electron chi connectivity index (χ4n) is 2.37. The summed E-state index contributed by atoms with van der Waals surface area (Å²) in [5.41, 5.74) is 5.74. The molecule has 132 valence electrons. The van der Waals surface area contributed by atoms with Gasteiger partial charge in [-0.25, -0.2) is 0 Å². The first kappa shape index (κ1) is 18.2. The molecule has 1 heterocycles. The minimum absolute atomic E-state index is 0.0824. The van der Waals surface area contributed by atoms with Gasteiger partial charge in [-0.15, -0.1) is 10.2 Å². The number of benzene rings is 1. The Balaban J connectivity index is 1.70. The van der Waals surface area contributed by atoms with E-state index in [-0.39, 0.29) is 23.9 Å². The van der Waals surface area contributed by atoms with Crippen molar-refractivity contribution in [1.29, 1.82) is 0 Å². The number of rotatable bonds is 8. The van der Waals surface area contributed by atoms with Gasteiger partial charge in [-0.2, -0.15) is 0 Å². The lowest BCUT2D eigenvalue weighted by molar-refractivity contribution is -0.118. The summed E-state index contributed by atoms with van der Waals surface area (Å²) in [6, 6.07) is 4.80. The number of nitrogens with two attached hydrogens (primary N) is 1. The Morgan fingerprint density at radius 1 is 1.24 bits per heavy atom. The molecule has 1 aliphatic rings. The van der Waals surface area contributed by atoms with Crippen LogP contribution in [0.3, 0.4) is 0 Å². The highest BCUT2D eigenvalue weighted by atomic mass is 35.5. The molecule has 25 heavy (non-hydrogen) atoms. The molecular formula is C16H16Cl2N4O2S. The van der Waals surface area contributed by atoms with Crippen molar-refractivity contribution in [3.8, 4) is 0 Å². The number of halogens is 2. The van der Waals surface area contributed by atoms with Gasteiger partial charge in [0.1, 0.15) is 5.82 Å². The Bertz CT molecular complexity index is 820. The van der Waals surface area contributed by atoms with Crippen LogP contribution >= 0.6 is 35.0 Å². The van der Waals surface area contributed by atoms with Crippen molar-refractivity contribution >= 4 is 46.7 Å². The summed E-state index contributed by atoms with van der Waals surface area (Å²) in [6.45, 7) is 0.428. The summed E-state index contributed by atoms with van der Waals surface area (Å²) in [7, 11) is 0. The van der Waals surface area contributed by atoms with Gasteiger partial charge in [0.15, 0.2) is 10.9 Å². The first-order chi connectivity index (χ1) is 12.0. The van der Waals surface area contributed by atoms with Crippen LogP contribution in [-0.4, -0.2) is 32.2 Å². The molecule has 9 heteroatoms. The van der Waals surface area contributed by atoms with E-state index in [9.17, 15) is 9.59 Å². The molecule has 0 bridgehead atoms. The second-order valence-electron chi connectivity index (χ2n) is 5.82. The fourth-order valence-corrected chi connectivity index (χ4v) is 3.53. The van der Waals surface area contributed by atoms with Gasteiger partial charge in [0.2, 0.25) is 5.91 Å². The molecule has 0 aliphatic heterocycles. The lowest BCUT2D eigenvalue weighted by Gasteiger charge is -2.08. The summed E-state index contributed by atoms with van der Waals surface area (Å²) in [6.07, 6.45) is 2.36. The summed E-state index contributed by atoms with van der Waals surface area (Å²) in [4.78, 5) is 23.5. The van der Waals surface area contributed by atoms with Gasteiger partial charge in [-0.1, -0.05) is 35.0 Å². The molecular weight excluding hydrogens is 383 g/mol. The largest absolute Gasteiger partial charge is 0.370 e. The average Bonchev–Trinajstić information content (AvgIpc) is 3.34. The van der Waals surface area contributed by atoms with E-state index >= 15 is 0 Å². The van der Waals surface area contributed by atoms with Gasteiger partial charge in [0, 0.05) is 24.4 Å². The standard InChI is InChI=1S/C16H16Cl2N4O2S/c17-11-4-3-10(7-12(11)18)13(23)8-25-16-21-20-15(9-1-2-9)22(16)6-5-14(19)24/h3-4,7,9H,1-2,5-6,8H2,(H2,19,24). The van der Waals surface area contributed by atoms with E-state index in [1.165, 1.54) is 11.8 Å². The van der Waals surface area contributed by atoms with Crippen LogP contribution in [0.25, 0.3) is 0 Å². The molecule has 1 amide bonds. The summed E-state index contributed by atoms with van der Waals surface area (Å²) >= 11 is 13.1. The Morgan fingerprint density at radius 3 is 2.64 bits per heavy atom. The zero-order valence-corrected chi connectivity index (χ0v) is 15.6. The first-order valence-corrected chi connectivity index (χ1v) is 9.52. The number of hydrogen-bond donors (Lipinski definition) is 1. The molecule has 0 atom stereocenters. The van der Waals surface area contributed by atoms with Crippen molar-refractivity contribution in [3.63, 3.8) is 0 Å². The predicted molar refractivity (Wildman–Crippen MR) is 97.3 cm³/mol. The minimum atomic E-state index is -0.377. The number of ketones is 1. The topological polar surface area (TPSA) is 90.9 Å². The predicted octanol–water partition coefficient (Wildman–Crippen LogP) is 3.31. The molecule has 1 saturated carbocycles. The molecule has 1 fully saturated rings. The lowest BCUT2D eigenvalue weighted by atomic mass is 10.1. The van der Waals surface area contributed by atoms with Gasteiger partial charge in [-0.05, 0) is 31.0 Å². The van der Waals surface area contributed by atoms with Crippen LogP contribution in [0.1, 0.15) is 41.4 Å². The van der Waals surface area contributed by atoms with Gasteiger partial charge >= 0.3 is 0 Å². The zero-order valence-electron chi connectivity index (χ0n) is 13.2. The van der Waals surface area contributed by atoms with Crippen LogP contribution < -0.4 is 5.73 Å². The van der Waals surface area contributed by atoms with Crippen molar-refractivity contribution in [1.82, 2.24) is 14.8 Å². The van der Waals surface area contributed by atoms with Crippen molar-refractivity contribution < 1.29 is 9.59 Å².